The first-order valence-corrected chi connectivity index (χ1v) is 3.05. The van der Waals surface area contributed by atoms with Crippen molar-refractivity contribution in [1.82, 2.24) is 0 Å². The Morgan fingerprint density at radius 1 is 1.56 bits per heavy atom. The Morgan fingerprint density at radius 3 is 3.11 bits per heavy atom. The zero-order valence-electron chi connectivity index (χ0n) is 5.70. The van der Waals surface area contributed by atoms with E-state index in [0.717, 1.165) is 5.71 Å². The molecule has 0 N–H and O–H groups in total. The van der Waals surface area contributed by atoms with E-state index in [0.29, 0.717) is 5.92 Å². The van der Waals surface area contributed by atoms with Gasteiger partial charge in [0.1, 0.15) is 0 Å². The van der Waals surface area contributed by atoms with Gasteiger partial charge in [-0.25, -0.2) is 0 Å². The van der Waals surface area contributed by atoms with Gasteiger partial charge in [0, 0.05) is 12.1 Å². The molecule has 0 saturated heterocycles. The Morgan fingerprint density at radius 2 is 2.33 bits per heavy atom. The molecule has 2 nitrogen and oxygen atoms in total. The minimum absolute atomic E-state index is 0.422. The normalized spacial score (nSPS) is 25.6. The van der Waals surface area contributed by atoms with Gasteiger partial charge >= 0.3 is 0 Å². The summed E-state index contributed by atoms with van der Waals surface area (Å²) in [4.78, 5) is 0. The van der Waals surface area contributed by atoms with Crippen LogP contribution in [0.1, 0.15) is 13.8 Å². The maximum Gasteiger partial charge on any atom is 0.0596 e. The summed E-state index contributed by atoms with van der Waals surface area (Å²) in [5.74, 6) is 0.422. The van der Waals surface area contributed by atoms with Crippen molar-refractivity contribution in [2.45, 2.75) is 13.8 Å². The summed E-state index contributed by atoms with van der Waals surface area (Å²) in [5, 5.41) is 7.71. The van der Waals surface area contributed by atoms with Crippen LogP contribution in [0.3, 0.4) is 0 Å². The first-order valence-electron chi connectivity index (χ1n) is 3.05. The fourth-order valence-electron chi connectivity index (χ4n) is 0.604. The third-order valence-electron chi connectivity index (χ3n) is 1.16. The smallest absolute Gasteiger partial charge is 0.0596 e. The summed E-state index contributed by atoms with van der Waals surface area (Å²) >= 11 is 0. The van der Waals surface area contributed by atoms with Gasteiger partial charge in [-0.3, -0.25) is 0 Å². The van der Waals surface area contributed by atoms with Crippen LogP contribution < -0.4 is 0 Å². The lowest BCUT2D eigenvalue weighted by Crippen LogP contribution is -1.87. The molecule has 0 saturated carbocycles. The number of allylic oxidation sites excluding steroid dienone is 2. The number of nitrogens with zero attached hydrogens (tertiary/aromatic N) is 2. The van der Waals surface area contributed by atoms with Gasteiger partial charge in [0.05, 0.1) is 5.71 Å². The molecule has 0 aromatic carbocycles. The van der Waals surface area contributed by atoms with E-state index in [-0.39, 0.29) is 0 Å². The molecule has 1 aliphatic rings. The Kier molecular flexibility index (Phi) is 1.78. The summed E-state index contributed by atoms with van der Waals surface area (Å²) in [6, 6.07) is 0. The lowest BCUT2D eigenvalue weighted by molar-refractivity contribution is 1.02. The highest BCUT2D eigenvalue weighted by Gasteiger charge is 1.93. The van der Waals surface area contributed by atoms with Crippen molar-refractivity contribution in [3.8, 4) is 0 Å². The van der Waals surface area contributed by atoms with Crippen molar-refractivity contribution in [2.24, 2.45) is 16.1 Å². The van der Waals surface area contributed by atoms with E-state index < -0.39 is 0 Å². The average Bonchev–Trinajstić information content (AvgIpc) is 1.97. The molecule has 0 spiro atoms. The average molecular weight is 122 g/mol. The molecule has 1 rings (SSSR count). The molecule has 1 unspecified atom stereocenters. The van der Waals surface area contributed by atoms with E-state index >= 15 is 0 Å². The van der Waals surface area contributed by atoms with E-state index in [1.54, 1.807) is 0 Å². The van der Waals surface area contributed by atoms with Gasteiger partial charge in [0.15, 0.2) is 0 Å². The van der Waals surface area contributed by atoms with Gasteiger partial charge in [0.2, 0.25) is 0 Å². The molecule has 0 aromatic heterocycles. The van der Waals surface area contributed by atoms with Gasteiger partial charge in [-0.05, 0) is 13.0 Å². The van der Waals surface area contributed by atoms with Crippen LogP contribution in [0.4, 0.5) is 0 Å². The summed E-state index contributed by atoms with van der Waals surface area (Å²) < 4.78 is 0. The Hall–Kier alpha value is -0.920. The van der Waals surface area contributed by atoms with Gasteiger partial charge in [-0.15, -0.1) is 0 Å². The molecule has 0 radical (unpaired) electrons. The highest BCUT2D eigenvalue weighted by Crippen LogP contribution is 1.98. The van der Waals surface area contributed by atoms with Gasteiger partial charge in [0.25, 0.3) is 0 Å². The van der Waals surface area contributed by atoms with E-state index in [1.165, 1.54) is 0 Å². The second kappa shape index (κ2) is 2.58. The minimum Gasteiger partial charge on any atom is -0.163 e. The lowest BCUT2D eigenvalue weighted by atomic mass is 10.2. The van der Waals surface area contributed by atoms with Crippen LogP contribution in [0.5, 0.6) is 0 Å². The molecule has 2 heteroatoms. The quantitative estimate of drug-likeness (QED) is 0.466. The van der Waals surface area contributed by atoms with Crippen LogP contribution in [-0.4, -0.2) is 11.9 Å². The summed E-state index contributed by atoms with van der Waals surface area (Å²) in [5.41, 5.74) is 0.968. The molecule has 0 aliphatic carbocycles. The van der Waals surface area contributed by atoms with Crippen molar-refractivity contribution in [1.29, 1.82) is 0 Å². The molecule has 1 heterocycles. The van der Waals surface area contributed by atoms with Crippen LogP contribution in [0.25, 0.3) is 0 Å². The highest BCUT2D eigenvalue weighted by molar-refractivity contribution is 5.94. The Balaban J connectivity index is 2.75. The van der Waals surface area contributed by atoms with Crippen LogP contribution >= 0.6 is 0 Å². The van der Waals surface area contributed by atoms with Crippen LogP contribution in [-0.2, 0) is 0 Å². The SMILES string of the molecule is CC1=NN=CC(C)C=C1. The predicted octanol–water partition coefficient (Wildman–Crippen LogP) is 1.64. The second-order valence-corrected chi connectivity index (χ2v) is 2.22. The van der Waals surface area contributed by atoms with Gasteiger partial charge in [-0.1, -0.05) is 13.0 Å². The molecule has 1 atom stereocenters. The van der Waals surface area contributed by atoms with E-state index in [9.17, 15) is 0 Å². The molecule has 9 heavy (non-hydrogen) atoms. The molecular formula is C7H10N2. The number of hydrogen-bond donors (Lipinski definition) is 0. The largest absolute Gasteiger partial charge is 0.163 e. The maximum absolute atomic E-state index is 3.87. The maximum atomic E-state index is 3.87. The molecule has 0 fully saturated rings. The van der Waals surface area contributed by atoms with Crippen molar-refractivity contribution >= 4 is 11.9 Å². The first-order chi connectivity index (χ1) is 4.29. The molecule has 48 valence electrons. The third-order valence-corrected chi connectivity index (χ3v) is 1.16. The number of hydrogen-bond acceptors (Lipinski definition) is 2. The van der Waals surface area contributed by atoms with Crippen molar-refractivity contribution < 1.29 is 0 Å². The molecular weight excluding hydrogens is 112 g/mol. The molecule has 1 aliphatic heterocycles. The lowest BCUT2D eigenvalue weighted by Gasteiger charge is -1.88. The summed E-state index contributed by atoms with van der Waals surface area (Å²) in [6.45, 7) is 4.01. The highest BCUT2D eigenvalue weighted by atomic mass is 15.2. The van der Waals surface area contributed by atoms with Gasteiger partial charge in [-0.2, -0.15) is 10.2 Å². The van der Waals surface area contributed by atoms with Gasteiger partial charge < -0.3 is 0 Å². The fraction of sp³-hybridized carbons (Fsp3) is 0.429. The number of rotatable bonds is 0. The van der Waals surface area contributed by atoms with Crippen molar-refractivity contribution in [2.75, 3.05) is 0 Å². The topological polar surface area (TPSA) is 24.7 Å². The monoisotopic (exact) mass is 122 g/mol. The van der Waals surface area contributed by atoms with Crippen molar-refractivity contribution in [3.63, 3.8) is 0 Å². The first kappa shape index (κ1) is 6.20. The Bertz CT molecular complexity index is 177. The standard InChI is InChI=1S/C7H10N2/c1-6-3-4-7(2)9-8-5-6/h3-6H,1-2H3. The fourth-order valence-corrected chi connectivity index (χ4v) is 0.604. The minimum atomic E-state index is 0.422. The predicted molar refractivity (Wildman–Crippen MR) is 39.9 cm³/mol. The van der Waals surface area contributed by atoms with Crippen LogP contribution in [0.2, 0.25) is 0 Å². The molecule has 0 aromatic rings. The van der Waals surface area contributed by atoms with Crippen molar-refractivity contribution in [3.05, 3.63) is 12.2 Å². The molecule has 0 amide bonds. The third kappa shape index (κ3) is 1.80. The van der Waals surface area contributed by atoms with E-state index in [1.807, 2.05) is 19.2 Å². The van der Waals surface area contributed by atoms with Crippen LogP contribution in [0, 0.1) is 5.92 Å². The Labute approximate surface area is 55.0 Å². The summed E-state index contributed by atoms with van der Waals surface area (Å²) in [6.07, 6.45) is 5.89. The zero-order chi connectivity index (χ0) is 6.69. The molecule has 0 bridgehead atoms. The second-order valence-electron chi connectivity index (χ2n) is 2.22. The summed E-state index contributed by atoms with van der Waals surface area (Å²) in [7, 11) is 0. The van der Waals surface area contributed by atoms with Crippen LogP contribution in [0.15, 0.2) is 22.4 Å². The van der Waals surface area contributed by atoms with E-state index in [4.69, 9.17) is 0 Å². The zero-order valence-corrected chi connectivity index (χ0v) is 5.70. The van der Waals surface area contributed by atoms with E-state index in [2.05, 4.69) is 23.2 Å².